The number of carbonyl (C=O) groups is 1. The maximum absolute atomic E-state index is 11.5. The van der Waals surface area contributed by atoms with E-state index in [1.807, 2.05) is 6.92 Å². The van der Waals surface area contributed by atoms with Gasteiger partial charge in [-0.05, 0) is 13.8 Å². The first-order valence-corrected chi connectivity index (χ1v) is 5.60. The molecule has 5 nitrogen and oxygen atoms in total. The lowest BCUT2D eigenvalue weighted by molar-refractivity contribution is -0.138. The van der Waals surface area contributed by atoms with Gasteiger partial charge in [-0.15, -0.1) is 0 Å². The first-order valence-electron chi connectivity index (χ1n) is 5.60. The molecule has 0 bridgehead atoms. The third kappa shape index (κ3) is 3.06. The average molecular weight is 225 g/mol. The molecular formula is C11H19N3O2. The number of ether oxygens (including phenoxy) is 1. The van der Waals surface area contributed by atoms with Crippen LogP contribution in [0.3, 0.4) is 0 Å². The van der Waals surface area contributed by atoms with Crippen molar-refractivity contribution < 1.29 is 9.53 Å². The molecule has 16 heavy (non-hydrogen) atoms. The fourth-order valence-corrected chi connectivity index (χ4v) is 1.62. The summed E-state index contributed by atoms with van der Waals surface area (Å²) in [6.45, 7) is 6.22. The number of rotatable bonds is 3. The van der Waals surface area contributed by atoms with Crippen LogP contribution in [0.2, 0.25) is 0 Å². The Kier molecular flexibility index (Phi) is 4.98. The molecule has 0 atom stereocenters. The van der Waals surface area contributed by atoms with Crippen molar-refractivity contribution in [3.63, 3.8) is 0 Å². The fraction of sp³-hybridized carbons (Fsp3) is 0.636. The zero-order valence-corrected chi connectivity index (χ0v) is 9.88. The van der Waals surface area contributed by atoms with Crippen LogP contribution < -0.4 is 11.1 Å². The molecule has 90 valence electrons. The minimum atomic E-state index is -0.454. The Morgan fingerprint density at radius 3 is 2.94 bits per heavy atom. The van der Waals surface area contributed by atoms with Crippen LogP contribution in [-0.4, -0.2) is 37.9 Å². The maximum atomic E-state index is 11.5. The number of piperidine rings is 1. The maximum Gasteiger partial charge on any atom is 0.354 e. The van der Waals surface area contributed by atoms with E-state index in [1.54, 1.807) is 6.92 Å². The second kappa shape index (κ2) is 6.27. The molecule has 0 amide bonds. The van der Waals surface area contributed by atoms with Crippen molar-refractivity contribution in [2.24, 2.45) is 10.7 Å². The summed E-state index contributed by atoms with van der Waals surface area (Å²) >= 11 is 0. The molecule has 0 aliphatic carbocycles. The Bertz CT molecular complexity index is 321. The SMILES string of the molecule is CCN=C1CCNC/C1=C(/N)C(=O)OCC. The molecule has 1 fully saturated rings. The molecular weight excluding hydrogens is 206 g/mol. The molecule has 5 heteroatoms. The van der Waals surface area contributed by atoms with E-state index in [0.29, 0.717) is 19.7 Å². The molecule has 0 aromatic rings. The number of aliphatic imine (C=N–C) groups is 1. The van der Waals surface area contributed by atoms with Gasteiger partial charge in [0.25, 0.3) is 0 Å². The molecule has 0 aromatic carbocycles. The summed E-state index contributed by atoms with van der Waals surface area (Å²) in [7, 11) is 0. The van der Waals surface area contributed by atoms with Crippen LogP contribution in [0.25, 0.3) is 0 Å². The van der Waals surface area contributed by atoms with E-state index in [4.69, 9.17) is 10.5 Å². The van der Waals surface area contributed by atoms with Gasteiger partial charge in [-0.3, -0.25) is 4.99 Å². The average Bonchev–Trinajstić information content (AvgIpc) is 2.29. The largest absolute Gasteiger partial charge is 0.461 e. The molecule has 1 aliphatic heterocycles. The van der Waals surface area contributed by atoms with Crippen molar-refractivity contribution in [1.82, 2.24) is 5.32 Å². The Hall–Kier alpha value is -1.36. The highest BCUT2D eigenvalue weighted by molar-refractivity contribution is 6.07. The van der Waals surface area contributed by atoms with Gasteiger partial charge in [-0.1, -0.05) is 0 Å². The van der Waals surface area contributed by atoms with E-state index in [2.05, 4.69) is 10.3 Å². The van der Waals surface area contributed by atoms with Gasteiger partial charge in [0, 0.05) is 37.3 Å². The first kappa shape index (κ1) is 12.7. The first-order chi connectivity index (χ1) is 7.70. The fourth-order valence-electron chi connectivity index (χ4n) is 1.62. The summed E-state index contributed by atoms with van der Waals surface area (Å²) in [6.07, 6.45) is 0.809. The highest BCUT2D eigenvalue weighted by atomic mass is 16.5. The number of esters is 1. The number of nitrogens with one attached hydrogen (secondary N) is 1. The standard InChI is InChI=1S/C11H19N3O2/c1-3-14-9-5-6-13-7-8(9)10(12)11(15)16-4-2/h13H,3-7,12H2,1-2H3/b10-8-,14-9?. The minimum absolute atomic E-state index is 0.182. The zero-order chi connectivity index (χ0) is 12.0. The second-order valence-electron chi connectivity index (χ2n) is 3.46. The van der Waals surface area contributed by atoms with Gasteiger partial charge < -0.3 is 15.8 Å². The Morgan fingerprint density at radius 2 is 2.31 bits per heavy atom. The van der Waals surface area contributed by atoms with Crippen LogP contribution in [0.15, 0.2) is 16.3 Å². The van der Waals surface area contributed by atoms with Crippen LogP contribution >= 0.6 is 0 Å². The quantitative estimate of drug-likeness (QED) is 0.532. The summed E-state index contributed by atoms with van der Waals surface area (Å²) < 4.78 is 4.88. The normalized spacial score (nSPS) is 22.0. The summed E-state index contributed by atoms with van der Waals surface area (Å²) in [5.41, 5.74) is 7.67. The monoisotopic (exact) mass is 225 g/mol. The van der Waals surface area contributed by atoms with Crippen LogP contribution in [-0.2, 0) is 9.53 Å². The summed E-state index contributed by atoms with van der Waals surface area (Å²) in [6, 6.07) is 0. The van der Waals surface area contributed by atoms with Crippen molar-refractivity contribution in [1.29, 1.82) is 0 Å². The number of carbonyl (C=O) groups excluding carboxylic acids is 1. The molecule has 1 heterocycles. The van der Waals surface area contributed by atoms with Crippen molar-refractivity contribution in [2.75, 3.05) is 26.2 Å². The molecule has 0 aromatic heterocycles. The summed E-state index contributed by atoms with van der Waals surface area (Å²) in [5, 5.41) is 3.17. The lowest BCUT2D eigenvalue weighted by atomic mass is 10.0. The van der Waals surface area contributed by atoms with Gasteiger partial charge >= 0.3 is 5.97 Å². The molecule has 1 aliphatic rings. The van der Waals surface area contributed by atoms with Crippen molar-refractivity contribution in [3.05, 3.63) is 11.3 Å². The molecule has 0 unspecified atom stereocenters. The highest BCUT2D eigenvalue weighted by Gasteiger charge is 2.20. The predicted octanol–water partition coefficient (Wildman–Crippen LogP) is 0.217. The molecule has 3 N–H and O–H groups in total. The van der Waals surface area contributed by atoms with Gasteiger partial charge in [-0.2, -0.15) is 0 Å². The van der Waals surface area contributed by atoms with E-state index in [9.17, 15) is 4.79 Å². The Balaban J connectivity index is 2.92. The molecule has 0 radical (unpaired) electrons. The van der Waals surface area contributed by atoms with Gasteiger partial charge in [0.15, 0.2) is 0 Å². The number of nitrogens with two attached hydrogens (primary N) is 1. The number of nitrogens with zero attached hydrogens (tertiary/aromatic N) is 1. The second-order valence-corrected chi connectivity index (χ2v) is 3.46. The minimum Gasteiger partial charge on any atom is -0.461 e. The smallest absolute Gasteiger partial charge is 0.354 e. The highest BCUT2D eigenvalue weighted by Crippen LogP contribution is 2.10. The Labute approximate surface area is 95.8 Å². The lowest BCUT2D eigenvalue weighted by Gasteiger charge is -2.20. The van der Waals surface area contributed by atoms with Gasteiger partial charge in [0.1, 0.15) is 5.70 Å². The van der Waals surface area contributed by atoms with Gasteiger partial charge in [-0.25, -0.2) is 4.79 Å². The lowest BCUT2D eigenvalue weighted by Crippen LogP contribution is -2.34. The molecule has 1 saturated heterocycles. The van der Waals surface area contributed by atoms with Crippen LogP contribution in [0.1, 0.15) is 20.3 Å². The van der Waals surface area contributed by atoms with E-state index < -0.39 is 5.97 Å². The van der Waals surface area contributed by atoms with Crippen LogP contribution in [0, 0.1) is 0 Å². The third-order valence-electron chi connectivity index (χ3n) is 2.36. The summed E-state index contributed by atoms with van der Waals surface area (Å²) in [4.78, 5) is 15.9. The van der Waals surface area contributed by atoms with E-state index in [0.717, 1.165) is 24.3 Å². The summed E-state index contributed by atoms with van der Waals surface area (Å²) in [5.74, 6) is -0.454. The van der Waals surface area contributed by atoms with E-state index >= 15 is 0 Å². The van der Waals surface area contributed by atoms with Crippen LogP contribution in [0.4, 0.5) is 0 Å². The van der Waals surface area contributed by atoms with Crippen LogP contribution in [0.5, 0.6) is 0 Å². The topological polar surface area (TPSA) is 76.7 Å². The molecule has 0 saturated carbocycles. The van der Waals surface area contributed by atoms with Crippen molar-refractivity contribution in [2.45, 2.75) is 20.3 Å². The molecule has 0 spiro atoms. The third-order valence-corrected chi connectivity index (χ3v) is 2.36. The van der Waals surface area contributed by atoms with Crippen molar-refractivity contribution >= 4 is 11.7 Å². The predicted molar refractivity (Wildman–Crippen MR) is 63.3 cm³/mol. The Morgan fingerprint density at radius 1 is 1.56 bits per heavy atom. The number of hydrogen-bond acceptors (Lipinski definition) is 5. The zero-order valence-electron chi connectivity index (χ0n) is 9.88. The molecule has 1 rings (SSSR count). The van der Waals surface area contributed by atoms with Gasteiger partial charge in [0.05, 0.1) is 6.61 Å². The van der Waals surface area contributed by atoms with E-state index in [1.165, 1.54) is 0 Å². The van der Waals surface area contributed by atoms with E-state index in [-0.39, 0.29) is 5.70 Å². The van der Waals surface area contributed by atoms with Crippen molar-refractivity contribution in [3.8, 4) is 0 Å². The van der Waals surface area contributed by atoms with Gasteiger partial charge in [0.2, 0.25) is 0 Å². The number of hydrogen-bond donors (Lipinski definition) is 2.